The quantitative estimate of drug-likeness (QED) is 0.811. The van der Waals surface area contributed by atoms with E-state index in [1.54, 1.807) is 4.68 Å². The van der Waals surface area contributed by atoms with Crippen LogP contribution in [0.3, 0.4) is 0 Å². The zero-order valence-corrected chi connectivity index (χ0v) is 10.7. The van der Waals surface area contributed by atoms with Crippen LogP contribution in [0.25, 0.3) is 5.69 Å². The van der Waals surface area contributed by atoms with Crippen LogP contribution in [-0.2, 0) is 4.79 Å². The molecule has 18 heavy (non-hydrogen) atoms. The monoisotopic (exact) mass is 263 g/mol. The minimum absolute atomic E-state index is 0.311. The van der Waals surface area contributed by atoms with Gasteiger partial charge >= 0.3 is 0 Å². The van der Waals surface area contributed by atoms with E-state index in [4.69, 9.17) is 5.73 Å². The van der Waals surface area contributed by atoms with Crippen molar-refractivity contribution in [1.29, 1.82) is 0 Å². The molecule has 0 radical (unpaired) electrons. The summed E-state index contributed by atoms with van der Waals surface area (Å²) in [5.74, 6) is 0.249. The lowest BCUT2D eigenvalue weighted by Gasteiger charge is -2.06. The van der Waals surface area contributed by atoms with Crippen molar-refractivity contribution < 1.29 is 4.79 Å². The van der Waals surface area contributed by atoms with Gasteiger partial charge in [-0.25, -0.2) is 0 Å². The van der Waals surface area contributed by atoms with Crippen molar-refractivity contribution in [3.63, 3.8) is 0 Å². The molecule has 0 saturated heterocycles. The van der Waals surface area contributed by atoms with E-state index < -0.39 is 0 Å². The number of thioether (sulfide) groups is 1. The number of para-hydroxylation sites is 1. The molecule has 1 aromatic heterocycles. The SMILES string of the molecule is Cc1ccccc1-n1nnnc1SCCC(N)=O. The first-order chi connectivity index (χ1) is 8.68. The maximum absolute atomic E-state index is 10.7. The average Bonchev–Trinajstić information content (AvgIpc) is 2.77. The molecule has 2 rings (SSSR count). The Labute approximate surface area is 109 Å². The van der Waals surface area contributed by atoms with Gasteiger partial charge in [0.15, 0.2) is 0 Å². The van der Waals surface area contributed by atoms with E-state index in [-0.39, 0.29) is 5.91 Å². The molecule has 0 unspecified atom stereocenters. The topological polar surface area (TPSA) is 86.7 Å². The minimum Gasteiger partial charge on any atom is -0.370 e. The van der Waals surface area contributed by atoms with E-state index >= 15 is 0 Å². The lowest BCUT2D eigenvalue weighted by Crippen LogP contribution is -2.11. The lowest BCUT2D eigenvalue weighted by molar-refractivity contribution is -0.117. The van der Waals surface area contributed by atoms with Crippen molar-refractivity contribution in [3.05, 3.63) is 29.8 Å². The maximum atomic E-state index is 10.7. The van der Waals surface area contributed by atoms with E-state index in [0.29, 0.717) is 17.3 Å². The number of amides is 1. The van der Waals surface area contributed by atoms with Gasteiger partial charge in [0.1, 0.15) is 0 Å². The van der Waals surface area contributed by atoms with Crippen LogP contribution >= 0.6 is 11.8 Å². The van der Waals surface area contributed by atoms with Crippen molar-refractivity contribution in [3.8, 4) is 5.69 Å². The third-order valence-corrected chi connectivity index (χ3v) is 3.29. The number of carbonyl (C=O) groups excluding carboxylic acids is 1. The number of hydrogen-bond acceptors (Lipinski definition) is 5. The number of rotatable bonds is 5. The van der Waals surface area contributed by atoms with Crippen LogP contribution in [0.2, 0.25) is 0 Å². The van der Waals surface area contributed by atoms with Crippen molar-refractivity contribution >= 4 is 17.7 Å². The van der Waals surface area contributed by atoms with Crippen LogP contribution in [0.1, 0.15) is 12.0 Å². The number of nitrogens with two attached hydrogens (primary N) is 1. The first-order valence-electron chi connectivity index (χ1n) is 5.44. The number of benzene rings is 1. The predicted octanol–water partition coefficient (Wildman–Crippen LogP) is 0.938. The van der Waals surface area contributed by atoms with Crippen molar-refractivity contribution in [2.24, 2.45) is 5.73 Å². The Morgan fingerprint density at radius 2 is 2.22 bits per heavy atom. The molecule has 1 heterocycles. The first kappa shape index (κ1) is 12.6. The van der Waals surface area contributed by atoms with Gasteiger partial charge in [-0.05, 0) is 29.0 Å². The van der Waals surface area contributed by atoms with Gasteiger partial charge in [-0.2, -0.15) is 4.68 Å². The van der Waals surface area contributed by atoms with Gasteiger partial charge in [0, 0.05) is 12.2 Å². The van der Waals surface area contributed by atoms with Crippen LogP contribution in [0, 0.1) is 6.92 Å². The minimum atomic E-state index is -0.322. The second-order valence-corrected chi connectivity index (χ2v) is 4.79. The van der Waals surface area contributed by atoms with Gasteiger partial charge < -0.3 is 5.73 Å². The van der Waals surface area contributed by atoms with E-state index in [1.807, 2.05) is 31.2 Å². The number of aryl methyl sites for hydroxylation is 1. The number of tetrazole rings is 1. The molecule has 6 nitrogen and oxygen atoms in total. The number of aromatic nitrogens is 4. The Morgan fingerprint density at radius 3 is 2.94 bits per heavy atom. The molecule has 94 valence electrons. The van der Waals surface area contributed by atoms with Gasteiger partial charge in [0.05, 0.1) is 5.69 Å². The van der Waals surface area contributed by atoms with Crippen LogP contribution in [0.4, 0.5) is 0 Å². The molecule has 1 amide bonds. The summed E-state index contributed by atoms with van der Waals surface area (Å²) in [6.07, 6.45) is 0.311. The van der Waals surface area contributed by atoms with Crippen molar-refractivity contribution in [2.45, 2.75) is 18.5 Å². The Balaban J connectivity index is 2.18. The summed E-state index contributed by atoms with van der Waals surface area (Å²) in [7, 11) is 0. The van der Waals surface area contributed by atoms with Crippen LogP contribution < -0.4 is 5.73 Å². The normalized spacial score (nSPS) is 10.5. The fourth-order valence-corrected chi connectivity index (χ4v) is 2.30. The van der Waals surface area contributed by atoms with E-state index in [9.17, 15) is 4.79 Å². The number of nitrogens with zero attached hydrogens (tertiary/aromatic N) is 4. The van der Waals surface area contributed by atoms with Gasteiger partial charge in [-0.1, -0.05) is 30.0 Å². The standard InChI is InChI=1S/C11H13N5OS/c1-8-4-2-3-5-9(8)16-11(13-14-15-16)18-7-6-10(12)17/h2-5H,6-7H2,1H3,(H2,12,17). The molecule has 0 saturated carbocycles. The summed E-state index contributed by atoms with van der Waals surface area (Å²) >= 11 is 1.41. The van der Waals surface area contributed by atoms with Crippen molar-refractivity contribution in [2.75, 3.05) is 5.75 Å². The van der Waals surface area contributed by atoms with Crippen molar-refractivity contribution in [1.82, 2.24) is 20.2 Å². The fraction of sp³-hybridized carbons (Fsp3) is 0.273. The number of primary amides is 1. The zero-order valence-electron chi connectivity index (χ0n) is 9.91. The highest BCUT2D eigenvalue weighted by atomic mass is 32.2. The summed E-state index contributed by atoms with van der Waals surface area (Å²) in [4.78, 5) is 10.7. The molecule has 0 fully saturated rings. The molecular formula is C11H13N5OS. The molecule has 2 aromatic rings. The summed E-state index contributed by atoms with van der Waals surface area (Å²) < 4.78 is 1.67. The van der Waals surface area contributed by atoms with E-state index in [0.717, 1.165) is 11.3 Å². The summed E-state index contributed by atoms with van der Waals surface area (Å²) in [6, 6.07) is 7.84. The third-order valence-electron chi connectivity index (χ3n) is 2.36. The second-order valence-electron chi connectivity index (χ2n) is 3.72. The molecule has 2 N–H and O–H groups in total. The van der Waals surface area contributed by atoms with Crippen LogP contribution in [0.15, 0.2) is 29.4 Å². The Kier molecular flexibility index (Phi) is 3.93. The Bertz CT molecular complexity index is 554. The largest absolute Gasteiger partial charge is 0.370 e. The summed E-state index contributed by atoms with van der Waals surface area (Å²) in [5, 5.41) is 12.2. The molecule has 1 aromatic carbocycles. The smallest absolute Gasteiger partial charge is 0.218 e. The highest BCUT2D eigenvalue weighted by Crippen LogP contribution is 2.20. The highest BCUT2D eigenvalue weighted by molar-refractivity contribution is 7.99. The maximum Gasteiger partial charge on any atom is 0.218 e. The summed E-state index contributed by atoms with van der Waals surface area (Å²) in [6.45, 7) is 1.99. The van der Waals surface area contributed by atoms with Crippen LogP contribution in [0.5, 0.6) is 0 Å². The summed E-state index contributed by atoms with van der Waals surface area (Å²) in [5.41, 5.74) is 7.11. The molecule has 0 aliphatic carbocycles. The van der Waals surface area contributed by atoms with Crippen LogP contribution in [-0.4, -0.2) is 31.9 Å². The fourth-order valence-electron chi connectivity index (χ4n) is 1.46. The molecule has 0 aliphatic rings. The lowest BCUT2D eigenvalue weighted by atomic mass is 10.2. The van der Waals surface area contributed by atoms with Gasteiger partial charge in [-0.15, -0.1) is 5.10 Å². The van der Waals surface area contributed by atoms with E-state index in [1.165, 1.54) is 11.8 Å². The Morgan fingerprint density at radius 1 is 1.44 bits per heavy atom. The average molecular weight is 263 g/mol. The molecule has 0 bridgehead atoms. The number of hydrogen-bond donors (Lipinski definition) is 1. The molecule has 0 spiro atoms. The molecule has 7 heteroatoms. The highest BCUT2D eigenvalue weighted by Gasteiger charge is 2.10. The number of carbonyl (C=O) groups is 1. The van der Waals surface area contributed by atoms with Gasteiger partial charge in [0.2, 0.25) is 11.1 Å². The third kappa shape index (κ3) is 2.86. The molecule has 0 aliphatic heterocycles. The van der Waals surface area contributed by atoms with Gasteiger partial charge in [-0.3, -0.25) is 4.79 Å². The van der Waals surface area contributed by atoms with E-state index in [2.05, 4.69) is 15.5 Å². The molecule has 0 atom stereocenters. The van der Waals surface area contributed by atoms with Gasteiger partial charge in [0.25, 0.3) is 0 Å². The first-order valence-corrected chi connectivity index (χ1v) is 6.42. The predicted molar refractivity (Wildman–Crippen MR) is 68.4 cm³/mol. The molecular weight excluding hydrogens is 250 g/mol. The zero-order chi connectivity index (χ0) is 13.0. The Hall–Kier alpha value is -1.89. The second kappa shape index (κ2) is 5.63.